The highest BCUT2D eigenvalue weighted by Gasteiger charge is 2.45. The predicted octanol–water partition coefficient (Wildman–Crippen LogP) is 2.37. The van der Waals surface area contributed by atoms with E-state index in [1.807, 2.05) is 0 Å². The molecule has 1 amide bonds. The molecule has 0 aromatic heterocycles. The normalized spacial score (nSPS) is 32.6. The first-order chi connectivity index (χ1) is 8.70. The number of hydrogen-bond acceptors (Lipinski definition) is 2. The van der Waals surface area contributed by atoms with Crippen LogP contribution in [0.1, 0.15) is 52.4 Å². The molecule has 0 radical (unpaired) electrons. The smallest absolute Gasteiger partial charge is 0.241 e. The summed E-state index contributed by atoms with van der Waals surface area (Å²) in [6.45, 7) is 5.31. The summed E-state index contributed by atoms with van der Waals surface area (Å²) in [6, 6.07) is 0.0871. The van der Waals surface area contributed by atoms with Crippen LogP contribution in [-0.2, 0) is 4.79 Å². The van der Waals surface area contributed by atoms with Crippen LogP contribution in [0, 0.1) is 17.8 Å². The van der Waals surface area contributed by atoms with Gasteiger partial charge in [0.05, 0.1) is 12.2 Å². The quantitative estimate of drug-likeness (QED) is 0.785. The van der Waals surface area contributed by atoms with Crippen molar-refractivity contribution in [1.29, 1.82) is 0 Å². The van der Waals surface area contributed by atoms with Gasteiger partial charge in [-0.3, -0.25) is 10.1 Å². The maximum Gasteiger partial charge on any atom is 0.241 e. The Balaban J connectivity index is 1.62. The molecular formula is C15H26N2O. The second-order valence-corrected chi connectivity index (χ2v) is 6.51. The molecule has 1 aliphatic heterocycles. The molecule has 2 aliphatic carbocycles. The van der Waals surface area contributed by atoms with E-state index in [0.29, 0.717) is 5.91 Å². The van der Waals surface area contributed by atoms with Gasteiger partial charge < -0.3 is 4.90 Å². The van der Waals surface area contributed by atoms with Gasteiger partial charge in [-0.1, -0.05) is 13.3 Å². The van der Waals surface area contributed by atoms with Gasteiger partial charge in [0.2, 0.25) is 5.91 Å². The highest BCUT2D eigenvalue weighted by Crippen LogP contribution is 2.49. The van der Waals surface area contributed by atoms with Gasteiger partial charge in [-0.25, -0.2) is 0 Å². The molecule has 0 aromatic rings. The topological polar surface area (TPSA) is 32.3 Å². The molecule has 3 fully saturated rings. The summed E-state index contributed by atoms with van der Waals surface area (Å²) in [6.07, 6.45) is 7.93. The van der Waals surface area contributed by atoms with E-state index in [-0.39, 0.29) is 12.2 Å². The molecule has 1 N–H and O–H groups in total. The van der Waals surface area contributed by atoms with Crippen molar-refractivity contribution in [1.82, 2.24) is 10.2 Å². The van der Waals surface area contributed by atoms with Crippen molar-refractivity contribution in [3.8, 4) is 0 Å². The van der Waals surface area contributed by atoms with Crippen LogP contribution in [0.4, 0.5) is 0 Å². The molecule has 18 heavy (non-hydrogen) atoms. The predicted molar refractivity (Wildman–Crippen MR) is 71.9 cm³/mol. The summed E-state index contributed by atoms with van der Waals surface area (Å²) >= 11 is 0. The Morgan fingerprint density at radius 1 is 1.28 bits per heavy atom. The second kappa shape index (κ2) is 4.84. The van der Waals surface area contributed by atoms with E-state index in [0.717, 1.165) is 37.1 Å². The van der Waals surface area contributed by atoms with Crippen molar-refractivity contribution in [3.63, 3.8) is 0 Å². The largest absolute Gasteiger partial charge is 0.326 e. The first-order valence-corrected chi connectivity index (χ1v) is 7.77. The number of nitrogens with zero attached hydrogens (tertiary/aromatic N) is 1. The van der Waals surface area contributed by atoms with E-state index in [4.69, 9.17) is 0 Å². The standard InChI is InChI=1S/C15H26N2O/c1-3-4-14-15(18)17(10(2)16-14)9-13(11-5-6-11)12-7-8-12/h10-14,16H,3-9H2,1-2H3. The summed E-state index contributed by atoms with van der Waals surface area (Å²) in [4.78, 5) is 14.5. The van der Waals surface area contributed by atoms with Gasteiger partial charge >= 0.3 is 0 Å². The Kier molecular flexibility index (Phi) is 3.35. The van der Waals surface area contributed by atoms with Gasteiger partial charge in [0, 0.05) is 6.54 Å². The molecule has 2 saturated carbocycles. The molecule has 3 rings (SSSR count). The first-order valence-electron chi connectivity index (χ1n) is 7.77. The van der Waals surface area contributed by atoms with Gasteiger partial charge in [-0.15, -0.1) is 0 Å². The third-order valence-electron chi connectivity index (χ3n) is 4.93. The number of carbonyl (C=O) groups is 1. The number of rotatable bonds is 6. The zero-order chi connectivity index (χ0) is 12.7. The van der Waals surface area contributed by atoms with Crippen molar-refractivity contribution < 1.29 is 4.79 Å². The Hall–Kier alpha value is -0.570. The van der Waals surface area contributed by atoms with Crippen LogP contribution in [0.15, 0.2) is 0 Å². The van der Waals surface area contributed by atoms with Gasteiger partial charge in [-0.05, 0) is 56.8 Å². The Morgan fingerprint density at radius 3 is 2.39 bits per heavy atom. The van der Waals surface area contributed by atoms with E-state index < -0.39 is 0 Å². The van der Waals surface area contributed by atoms with Crippen LogP contribution in [-0.4, -0.2) is 29.6 Å². The summed E-state index contributed by atoms with van der Waals surface area (Å²) in [7, 11) is 0. The first kappa shape index (κ1) is 12.5. The summed E-state index contributed by atoms with van der Waals surface area (Å²) in [5.41, 5.74) is 0. The number of hydrogen-bond donors (Lipinski definition) is 1. The lowest BCUT2D eigenvalue weighted by molar-refractivity contribution is -0.130. The Labute approximate surface area is 110 Å². The molecule has 2 unspecified atom stereocenters. The van der Waals surface area contributed by atoms with E-state index in [1.165, 1.54) is 25.7 Å². The van der Waals surface area contributed by atoms with Crippen LogP contribution in [0.5, 0.6) is 0 Å². The van der Waals surface area contributed by atoms with Gasteiger partial charge in [-0.2, -0.15) is 0 Å². The molecule has 0 spiro atoms. The molecule has 3 heteroatoms. The van der Waals surface area contributed by atoms with Crippen molar-refractivity contribution in [2.24, 2.45) is 17.8 Å². The fraction of sp³-hybridized carbons (Fsp3) is 0.933. The second-order valence-electron chi connectivity index (χ2n) is 6.51. The molecule has 2 atom stereocenters. The molecule has 3 aliphatic rings. The molecule has 3 nitrogen and oxygen atoms in total. The average molecular weight is 250 g/mol. The van der Waals surface area contributed by atoms with E-state index in [1.54, 1.807) is 0 Å². The maximum atomic E-state index is 12.4. The number of carbonyl (C=O) groups excluding carboxylic acids is 1. The van der Waals surface area contributed by atoms with Crippen LogP contribution in [0.25, 0.3) is 0 Å². The lowest BCUT2D eigenvalue weighted by Crippen LogP contribution is -2.39. The third kappa shape index (κ3) is 2.42. The molecular weight excluding hydrogens is 224 g/mol. The molecule has 0 bridgehead atoms. The van der Waals surface area contributed by atoms with Crippen LogP contribution >= 0.6 is 0 Å². The average Bonchev–Trinajstić information content (AvgIpc) is 3.22. The fourth-order valence-electron chi connectivity index (χ4n) is 3.55. The minimum atomic E-state index is 0.0871. The van der Waals surface area contributed by atoms with Crippen molar-refractivity contribution in [2.45, 2.75) is 64.6 Å². The van der Waals surface area contributed by atoms with E-state index in [2.05, 4.69) is 24.1 Å². The molecule has 1 saturated heterocycles. The van der Waals surface area contributed by atoms with Gasteiger partial charge in [0.15, 0.2) is 0 Å². The van der Waals surface area contributed by atoms with Crippen LogP contribution in [0.2, 0.25) is 0 Å². The Morgan fingerprint density at radius 2 is 1.89 bits per heavy atom. The fourth-order valence-corrected chi connectivity index (χ4v) is 3.55. The minimum absolute atomic E-state index is 0.0871. The van der Waals surface area contributed by atoms with Gasteiger partial charge in [0.25, 0.3) is 0 Å². The number of nitrogens with one attached hydrogen (secondary N) is 1. The summed E-state index contributed by atoms with van der Waals surface area (Å²) in [5, 5.41) is 3.46. The maximum absolute atomic E-state index is 12.4. The highest BCUT2D eigenvalue weighted by atomic mass is 16.2. The molecule has 0 aromatic carbocycles. The van der Waals surface area contributed by atoms with E-state index >= 15 is 0 Å². The molecule has 1 heterocycles. The summed E-state index contributed by atoms with van der Waals surface area (Å²) < 4.78 is 0. The molecule has 102 valence electrons. The van der Waals surface area contributed by atoms with Crippen LogP contribution < -0.4 is 5.32 Å². The zero-order valence-electron chi connectivity index (χ0n) is 11.7. The van der Waals surface area contributed by atoms with Crippen LogP contribution in [0.3, 0.4) is 0 Å². The summed E-state index contributed by atoms with van der Waals surface area (Å²) in [5.74, 6) is 3.03. The SMILES string of the molecule is CCCC1NC(C)N(CC(C2CC2)C2CC2)C1=O. The Bertz CT molecular complexity index is 310. The lowest BCUT2D eigenvalue weighted by Gasteiger charge is -2.27. The zero-order valence-corrected chi connectivity index (χ0v) is 11.7. The lowest BCUT2D eigenvalue weighted by atomic mass is 9.97. The minimum Gasteiger partial charge on any atom is -0.326 e. The van der Waals surface area contributed by atoms with Crippen molar-refractivity contribution >= 4 is 5.91 Å². The monoisotopic (exact) mass is 250 g/mol. The van der Waals surface area contributed by atoms with Crippen molar-refractivity contribution in [2.75, 3.05) is 6.54 Å². The number of amides is 1. The highest BCUT2D eigenvalue weighted by molar-refractivity contribution is 5.84. The van der Waals surface area contributed by atoms with E-state index in [9.17, 15) is 4.79 Å². The van der Waals surface area contributed by atoms with Gasteiger partial charge in [0.1, 0.15) is 0 Å². The third-order valence-corrected chi connectivity index (χ3v) is 4.93. The van der Waals surface area contributed by atoms with Crippen molar-refractivity contribution in [3.05, 3.63) is 0 Å².